The minimum Gasteiger partial charge on any atom is -0.388 e. The van der Waals surface area contributed by atoms with Crippen LogP contribution in [0.4, 0.5) is 5.82 Å². The van der Waals surface area contributed by atoms with Crippen molar-refractivity contribution in [2.24, 2.45) is 0 Å². The molecule has 1 saturated heterocycles. The summed E-state index contributed by atoms with van der Waals surface area (Å²) >= 11 is 1.84. The fourth-order valence-corrected chi connectivity index (χ4v) is 5.27. The Morgan fingerprint density at radius 3 is 2.86 bits per heavy atom. The molecule has 0 radical (unpaired) electrons. The molecule has 1 aliphatic carbocycles. The standard InChI is InChI=1S/C17H23N3OS/c1-17(2,21)13-8-5-9-20(13)15-14-11-6-3-4-7-12(11)22-16(14)19-10-18-15/h10,13,21H,3-9H2,1-2H3. The average molecular weight is 317 g/mol. The van der Waals surface area contributed by atoms with Crippen molar-refractivity contribution in [3.63, 3.8) is 0 Å². The van der Waals surface area contributed by atoms with Crippen molar-refractivity contribution in [2.75, 3.05) is 11.4 Å². The quantitative estimate of drug-likeness (QED) is 0.923. The molecule has 22 heavy (non-hydrogen) atoms. The van der Waals surface area contributed by atoms with Gasteiger partial charge in [-0.15, -0.1) is 11.3 Å². The van der Waals surface area contributed by atoms with E-state index in [1.165, 1.54) is 35.1 Å². The zero-order valence-corrected chi connectivity index (χ0v) is 14.1. The molecule has 1 N–H and O–H groups in total. The molecule has 2 aromatic rings. The normalized spacial score (nSPS) is 22.3. The Morgan fingerprint density at radius 1 is 1.23 bits per heavy atom. The summed E-state index contributed by atoms with van der Waals surface area (Å²) in [6, 6.07) is 0.143. The number of anilines is 1. The van der Waals surface area contributed by atoms with Gasteiger partial charge in [-0.05, 0) is 57.9 Å². The molecule has 3 heterocycles. The first-order valence-electron chi connectivity index (χ1n) is 8.30. The predicted molar refractivity (Wildman–Crippen MR) is 90.7 cm³/mol. The molecule has 4 nitrogen and oxygen atoms in total. The van der Waals surface area contributed by atoms with Crippen LogP contribution in [0.1, 0.15) is 50.0 Å². The molecule has 1 atom stereocenters. The molecule has 1 aliphatic heterocycles. The van der Waals surface area contributed by atoms with E-state index in [2.05, 4.69) is 14.9 Å². The van der Waals surface area contributed by atoms with Crippen LogP contribution in [0.2, 0.25) is 0 Å². The summed E-state index contributed by atoms with van der Waals surface area (Å²) < 4.78 is 0. The van der Waals surface area contributed by atoms with Gasteiger partial charge in [0.15, 0.2) is 0 Å². The van der Waals surface area contributed by atoms with E-state index in [9.17, 15) is 5.11 Å². The van der Waals surface area contributed by atoms with Gasteiger partial charge in [0, 0.05) is 11.4 Å². The fraction of sp³-hybridized carbons (Fsp3) is 0.647. The van der Waals surface area contributed by atoms with Crippen molar-refractivity contribution < 1.29 is 5.11 Å². The fourth-order valence-electron chi connectivity index (χ4n) is 4.05. The van der Waals surface area contributed by atoms with Gasteiger partial charge in [0.2, 0.25) is 0 Å². The van der Waals surface area contributed by atoms with Gasteiger partial charge in [-0.3, -0.25) is 0 Å². The number of hydrogen-bond donors (Lipinski definition) is 1. The zero-order chi connectivity index (χ0) is 15.3. The van der Waals surface area contributed by atoms with Crippen LogP contribution in [-0.4, -0.2) is 33.3 Å². The Hall–Kier alpha value is -1.20. The molecular formula is C17H23N3OS. The van der Waals surface area contributed by atoms with E-state index in [1.807, 2.05) is 25.2 Å². The van der Waals surface area contributed by atoms with E-state index in [0.29, 0.717) is 0 Å². The van der Waals surface area contributed by atoms with Crippen LogP contribution in [0, 0.1) is 0 Å². The highest BCUT2D eigenvalue weighted by Gasteiger charge is 2.38. The maximum atomic E-state index is 10.5. The van der Waals surface area contributed by atoms with E-state index in [1.54, 1.807) is 6.33 Å². The molecule has 0 bridgehead atoms. The lowest BCUT2D eigenvalue weighted by Gasteiger charge is -2.35. The highest BCUT2D eigenvalue weighted by atomic mass is 32.1. The van der Waals surface area contributed by atoms with Crippen LogP contribution in [-0.2, 0) is 12.8 Å². The zero-order valence-electron chi connectivity index (χ0n) is 13.3. The molecule has 4 rings (SSSR count). The summed E-state index contributed by atoms with van der Waals surface area (Å²) in [5.41, 5.74) is 0.771. The Labute approximate surface area is 135 Å². The predicted octanol–water partition coefficient (Wildman–Crippen LogP) is 3.31. The second kappa shape index (κ2) is 5.17. The van der Waals surface area contributed by atoms with Crippen LogP contribution in [0.25, 0.3) is 10.2 Å². The van der Waals surface area contributed by atoms with E-state index in [4.69, 9.17) is 0 Å². The molecule has 2 aliphatic rings. The smallest absolute Gasteiger partial charge is 0.141 e. The first-order chi connectivity index (χ1) is 10.6. The summed E-state index contributed by atoms with van der Waals surface area (Å²) in [5.74, 6) is 1.05. The average Bonchev–Trinajstić information content (AvgIpc) is 3.11. The molecule has 1 fully saturated rings. The van der Waals surface area contributed by atoms with Crippen molar-refractivity contribution in [2.45, 2.75) is 64.0 Å². The molecule has 1 unspecified atom stereocenters. The lowest BCUT2D eigenvalue weighted by Crippen LogP contribution is -2.46. The number of nitrogens with zero attached hydrogens (tertiary/aromatic N) is 3. The number of aryl methyl sites for hydroxylation is 2. The molecule has 0 amide bonds. The maximum Gasteiger partial charge on any atom is 0.141 e. The molecule has 5 heteroatoms. The van der Waals surface area contributed by atoms with Crippen LogP contribution >= 0.6 is 11.3 Å². The minimum atomic E-state index is -0.705. The molecule has 2 aromatic heterocycles. The Kier molecular flexibility index (Phi) is 3.38. The largest absolute Gasteiger partial charge is 0.388 e. The van der Waals surface area contributed by atoms with Gasteiger partial charge in [0.05, 0.1) is 17.0 Å². The Balaban J connectivity index is 1.86. The lowest BCUT2D eigenvalue weighted by atomic mass is 9.95. The number of hydrogen-bond acceptors (Lipinski definition) is 5. The monoisotopic (exact) mass is 317 g/mol. The van der Waals surface area contributed by atoms with Crippen molar-refractivity contribution in [3.05, 3.63) is 16.8 Å². The molecule has 118 valence electrons. The van der Waals surface area contributed by atoms with E-state index in [0.717, 1.165) is 36.5 Å². The minimum absolute atomic E-state index is 0.143. The second-order valence-electron chi connectivity index (χ2n) is 7.09. The molecular weight excluding hydrogens is 294 g/mol. The topological polar surface area (TPSA) is 49.2 Å². The summed E-state index contributed by atoms with van der Waals surface area (Å²) in [5, 5.41) is 11.8. The maximum absolute atomic E-state index is 10.5. The van der Waals surface area contributed by atoms with E-state index >= 15 is 0 Å². The first kappa shape index (κ1) is 14.4. The number of fused-ring (bicyclic) bond motifs is 3. The number of aliphatic hydroxyl groups is 1. The number of rotatable bonds is 2. The van der Waals surface area contributed by atoms with Crippen molar-refractivity contribution in [3.8, 4) is 0 Å². The molecule has 0 spiro atoms. The van der Waals surface area contributed by atoms with Crippen LogP contribution in [0.15, 0.2) is 6.33 Å². The Bertz CT molecular complexity index is 704. The second-order valence-corrected chi connectivity index (χ2v) is 8.18. The first-order valence-corrected chi connectivity index (χ1v) is 9.11. The van der Waals surface area contributed by atoms with Crippen molar-refractivity contribution >= 4 is 27.4 Å². The third-order valence-corrected chi connectivity index (χ3v) is 6.27. The van der Waals surface area contributed by atoms with E-state index < -0.39 is 5.60 Å². The summed E-state index contributed by atoms with van der Waals surface area (Å²) in [7, 11) is 0. The summed E-state index contributed by atoms with van der Waals surface area (Å²) in [6.07, 6.45) is 8.73. The summed E-state index contributed by atoms with van der Waals surface area (Å²) in [4.78, 5) is 14.1. The SMILES string of the molecule is CC(C)(O)C1CCCN1c1ncnc2sc3c(c12)CCCC3. The van der Waals surface area contributed by atoms with Crippen LogP contribution in [0.5, 0.6) is 0 Å². The molecule has 0 aromatic carbocycles. The third-order valence-electron chi connectivity index (χ3n) is 5.07. The van der Waals surface area contributed by atoms with Crippen molar-refractivity contribution in [1.82, 2.24) is 9.97 Å². The van der Waals surface area contributed by atoms with Gasteiger partial charge in [-0.1, -0.05) is 0 Å². The number of aromatic nitrogens is 2. The highest BCUT2D eigenvalue weighted by molar-refractivity contribution is 7.19. The van der Waals surface area contributed by atoms with Crippen molar-refractivity contribution in [1.29, 1.82) is 0 Å². The van der Waals surface area contributed by atoms with E-state index in [-0.39, 0.29) is 6.04 Å². The van der Waals surface area contributed by atoms with Gasteiger partial charge in [-0.2, -0.15) is 0 Å². The molecule has 0 saturated carbocycles. The lowest BCUT2D eigenvalue weighted by molar-refractivity contribution is 0.0533. The van der Waals surface area contributed by atoms with Gasteiger partial charge in [0.25, 0.3) is 0 Å². The highest BCUT2D eigenvalue weighted by Crippen LogP contribution is 2.41. The van der Waals surface area contributed by atoms with Gasteiger partial charge < -0.3 is 10.0 Å². The van der Waals surface area contributed by atoms with Gasteiger partial charge in [-0.25, -0.2) is 9.97 Å². The van der Waals surface area contributed by atoms with Crippen LogP contribution < -0.4 is 4.90 Å². The Morgan fingerprint density at radius 2 is 2.05 bits per heavy atom. The third kappa shape index (κ3) is 2.22. The van der Waals surface area contributed by atoms with Gasteiger partial charge >= 0.3 is 0 Å². The number of thiophene rings is 1. The summed E-state index contributed by atoms with van der Waals surface area (Å²) in [6.45, 7) is 4.81. The van der Waals surface area contributed by atoms with Crippen LogP contribution in [0.3, 0.4) is 0 Å². The van der Waals surface area contributed by atoms with Gasteiger partial charge in [0.1, 0.15) is 17.0 Å².